The van der Waals surface area contributed by atoms with Crippen molar-refractivity contribution in [1.29, 1.82) is 0 Å². The number of nitrogens with zero attached hydrogens (tertiary/aromatic N) is 2. The Bertz CT molecular complexity index is 917. The number of rotatable bonds is 4. The molecule has 158 valence electrons. The molecule has 8 heteroatoms. The van der Waals surface area contributed by atoms with Crippen molar-refractivity contribution in [2.24, 2.45) is 0 Å². The van der Waals surface area contributed by atoms with E-state index in [9.17, 15) is 9.59 Å². The molecule has 0 spiro atoms. The first-order valence-corrected chi connectivity index (χ1v) is 9.78. The van der Waals surface area contributed by atoms with Gasteiger partial charge in [0, 0.05) is 37.8 Å². The summed E-state index contributed by atoms with van der Waals surface area (Å²) in [5, 5.41) is 0. The second kappa shape index (κ2) is 8.52. The first-order chi connectivity index (χ1) is 14.6. The van der Waals surface area contributed by atoms with Crippen LogP contribution in [0, 0.1) is 0 Å². The van der Waals surface area contributed by atoms with Gasteiger partial charge >= 0.3 is 0 Å². The molecule has 1 unspecified atom stereocenters. The standard InChI is InChI=1S/C22H24N2O6/c1-27-16-11-15(12-17(13-16)28-2)21(25)23-7-9-24(10-8-23)22(26)20-14-29-18-5-3-4-6-19(18)30-20/h3-6,11-13,20H,7-10,14H2,1-2H3. The third kappa shape index (κ3) is 3.98. The Morgan fingerprint density at radius 3 is 2.13 bits per heavy atom. The number of para-hydroxylation sites is 2. The van der Waals surface area contributed by atoms with Crippen molar-refractivity contribution in [3.8, 4) is 23.0 Å². The predicted molar refractivity (Wildman–Crippen MR) is 108 cm³/mol. The number of fused-ring (bicyclic) bond motifs is 1. The zero-order valence-corrected chi connectivity index (χ0v) is 17.0. The van der Waals surface area contributed by atoms with E-state index in [1.807, 2.05) is 18.2 Å². The molecule has 0 N–H and O–H groups in total. The van der Waals surface area contributed by atoms with Crippen LogP contribution in [0.4, 0.5) is 0 Å². The minimum Gasteiger partial charge on any atom is -0.497 e. The zero-order valence-electron chi connectivity index (χ0n) is 17.0. The van der Waals surface area contributed by atoms with Crippen molar-refractivity contribution in [3.05, 3.63) is 48.0 Å². The van der Waals surface area contributed by atoms with Gasteiger partial charge in [0.15, 0.2) is 11.5 Å². The highest BCUT2D eigenvalue weighted by Gasteiger charge is 2.33. The molecule has 2 aromatic carbocycles. The summed E-state index contributed by atoms with van der Waals surface area (Å²) in [4.78, 5) is 29.2. The van der Waals surface area contributed by atoms with Crippen LogP contribution >= 0.6 is 0 Å². The van der Waals surface area contributed by atoms with Gasteiger partial charge in [0.05, 0.1) is 14.2 Å². The molecule has 0 aromatic heterocycles. The number of methoxy groups -OCH3 is 2. The molecule has 2 heterocycles. The van der Waals surface area contributed by atoms with Crippen LogP contribution < -0.4 is 18.9 Å². The molecular weight excluding hydrogens is 388 g/mol. The van der Waals surface area contributed by atoms with Gasteiger partial charge in [-0.3, -0.25) is 9.59 Å². The summed E-state index contributed by atoms with van der Waals surface area (Å²) in [6.45, 7) is 1.93. The fourth-order valence-electron chi connectivity index (χ4n) is 3.59. The van der Waals surface area contributed by atoms with Crippen LogP contribution in [0.25, 0.3) is 0 Å². The summed E-state index contributed by atoms with van der Waals surface area (Å²) in [6, 6.07) is 12.4. The Kier molecular flexibility index (Phi) is 5.65. The third-order valence-corrected chi connectivity index (χ3v) is 5.26. The van der Waals surface area contributed by atoms with Crippen molar-refractivity contribution >= 4 is 11.8 Å². The van der Waals surface area contributed by atoms with Crippen molar-refractivity contribution in [2.75, 3.05) is 47.0 Å². The highest BCUT2D eigenvalue weighted by molar-refractivity contribution is 5.95. The molecule has 2 aliphatic rings. The monoisotopic (exact) mass is 412 g/mol. The topological polar surface area (TPSA) is 77.5 Å². The van der Waals surface area contributed by atoms with Crippen LogP contribution in [0.3, 0.4) is 0 Å². The number of hydrogen-bond acceptors (Lipinski definition) is 6. The molecule has 2 aromatic rings. The Morgan fingerprint density at radius 2 is 1.50 bits per heavy atom. The number of carbonyl (C=O) groups excluding carboxylic acids is 2. The van der Waals surface area contributed by atoms with E-state index >= 15 is 0 Å². The van der Waals surface area contributed by atoms with E-state index in [-0.39, 0.29) is 18.4 Å². The Hall–Kier alpha value is -3.42. The van der Waals surface area contributed by atoms with E-state index < -0.39 is 6.10 Å². The van der Waals surface area contributed by atoms with Gasteiger partial charge in [0.2, 0.25) is 6.10 Å². The summed E-state index contributed by atoms with van der Waals surface area (Å²) in [5.41, 5.74) is 0.492. The number of piperazine rings is 1. The number of hydrogen-bond donors (Lipinski definition) is 0. The molecule has 0 bridgehead atoms. The van der Waals surface area contributed by atoms with E-state index in [0.717, 1.165) is 0 Å². The highest BCUT2D eigenvalue weighted by atomic mass is 16.6. The molecule has 0 aliphatic carbocycles. The van der Waals surface area contributed by atoms with Gasteiger partial charge in [-0.05, 0) is 24.3 Å². The fourth-order valence-corrected chi connectivity index (χ4v) is 3.59. The molecule has 0 radical (unpaired) electrons. The van der Waals surface area contributed by atoms with Gasteiger partial charge in [0.25, 0.3) is 11.8 Å². The van der Waals surface area contributed by atoms with Gasteiger partial charge in [0.1, 0.15) is 18.1 Å². The summed E-state index contributed by atoms with van der Waals surface area (Å²) in [6.07, 6.45) is -0.676. The fraction of sp³-hybridized carbons (Fsp3) is 0.364. The first kappa shape index (κ1) is 19.9. The van der Waals surface area contributed by atoms with Gasteiger partial charge in [-0.15, -0.1) is 0 Å². The lowest BCUT2D eigenvalue weighted by molar-refractivity contribution is -0.142. The summed E-state index contributed by atoms with van der Waals surface area (Å²) < 4.78 is 22.0. The summed E-state index contributed by atoms with van der Waals surface area (Å²) >= 11 is 0. The van der Waals surface area contributed by atoms with E-state index in [2.05, 4.69) is 0 Å². The smallest absolute Gasteiger partial charge is 0.267 e. The predicted octanol–water partition coefficient (Wildman–Crippen LogP) is 1.83. The molecule has 8 nitrogen and oxygen atoms in total. The van der Waals surface area contributed by atoms with Gasteiger partial charge < -0.3 is 28.7 Å². The number of benzene rings is 2. The third-order valence-electron chi connectivity index (χ3n) is 5.26. The van der Waals surface area contributed by atoms with Gasteiger partial charge in [-0.25, -0.2) is 0 Å². The second-order valence-electron chi connectivity index (χ2n) is 7.08. The molecule has 2 aliphatic heterocycles. The summed E-state index contributed by atoms with van der Waals surface area (Å²) in [7, 11) is 3.09. The van der Waals surface area contributed by atoms with Crippen LogP contribution in [-0.4, -0.2) is 74.7 Å². The van der Waals surface area contributed by atoms with Crippen molar-refractivity contribution in [1.82, 2.24) is 9.80 Å². The van der Waals surface area contributed by atoms with E-state index in [4.69, 9.17) is 18.9 Å². The second-order valence-corrected chi connectivity index (χ2v) is 7.08. The largest absolute Gasteiger partial charge is 0.497 e. The van der Waals surface area contributed by atoms with Crippen LogP contribution in [0.5, 0.6) is 23.0 Å². The lowest BCUT2D eigenvalue weighted by Crippen LogP contribution is -2.55. The van der Waals surface area contributed by atoms with Gasteiger partial charge in [-0.1, -0.05) is 12.1 Å². The lowest BCUT2D eigenvalue weighted by Gasteiger charge is -2.37. The minimum atomic E-state index is -0.676. The van der Waals surface area contributed by atoms with E-state index in [1.165, 1.54) is 0 Å². The highest BCUT2D eigenvalue weighted by Crippen LogP contribution is 2.31. The average Bonchev–Trinajstić information content (AvgIpc) is 2.82. The van der Waals surface area contributed by atoms with Crippen molar-refractivity contribution in [3.63, 3.8) is 0 Å². The molecule has 4 rings (SSSR count). The van der Waals surface area contributed by atoms with E-state index in [0.29, 0.717) is 54.7 Å². The molecular formula is C22H24N2O6. The first-order valence-electron chi connectivity index (χ1n) is 9.78. The van der Waals surface area contributed by atoms with Crippen molar-refractivity contribution < 1.29 is 28.5 Å². The van der Waals surface area contributed by atoms with Gasteiger partial charge in [-0.2, -0.15) is 0 Å². The van der Waals surface area contributed by atoms with Crippen LogP contribution in [0.1, 0.15) is 10.4 Å². The quantitative estimate of drug-likeness (QED) is 0.763. The molecule has 30 heavy (non-hydrogen) atoms. The van der Waals surface area contributed by atoms with Crippen LogP contribution in [0.15, 0.2) is 42.5 Å². The maximum atomic E-state index is 12.9. The molecule has 1 fully saturated rings. The summed E-state index contributed by atoms with van der Waals surface area (Å²) in [5.74, 6) is 2.08. The SMILES string of the molecule is COc1cc(OC)cc(C(=O)N2CCN(C(=O)C3COc4ccccc4O3)CC2)c1. The average molecular weight is 412 g/mol. The van der Waals surface area contributed by atoms with Crippen LogP contribution in [-0.2, 0) is 4.79 Å². The number of carbonyl (C=O) groups is 2. The Morgan fingerprint density at radius 1 is 0.900 bits per heavy atom. The lowest BCUT2D eigenvalue weighted by atomic mass is 10.1. The number of ether oxygens (including phenoxy) is 4. The molecule has 0 saturated carbocycles. The maximum Gasteiger partial charge on any atom is 0.267 e. The Balaban J connectivity index is 1.37. The number of amides is 2. The van der Waals surface area contributed by atoms with Crippen molar-refractivity contribution in [2.45, 2.75) is 6.10 Å². The normalized spacial score (nSPS) is 18.0. The Labute approximate surface area is 174 Å². The minimum absolute atomic E-state index is 0.120. The molecule has 1 atom stereocenters. The van der Waals surface area contributed by atoms with E-state index in [1.54, 1.807) is 48.3 Å². The molecule has 2 amide bonds. The van der Waals surface area contributed by atoms with Crippen LogP contribution in [0.2, 0.25) is 0 Å². The molecule has 1 saturated heterocycles. The maximum absolute atomic E-state index is 12.9. The zero-order chi connectivity index (χ0) is 21.1.